The SMILES string of the molecule is CC=CC(C)=O.[Na]. The molecule has 0 aliphatic rings. The van der Waals surface area contributed by atoms with E-state index >= 15 is 0 Å². The first kappa shape index (κ1) is 10.4. The molecule has 0 aromatic heterocycles. The van der Waals surface area contributed by atoms with Crippen LogP contribution in [-0.4, -0.2) is 35.3 Å². The molecular weight excluding hydrogens is 99.0 g/mol. The molecule has 0 aromatic rings. The summed E-state index contributed by atoms with van der Waals surface area (Å²) in [7, 11) is 0. The third kappa shape index (κ3) is 10.7. The van der Waals surface area contributed by atoms with E-state index in [0.29, 0.717) is 0 Å². The zero-order chi connectivity index (χ0) is 4.99. The van der Waals surface area contributed by atoms with Crippen LogP contribution < -0.4 is 0 Å². The number of hydrogen-bond donors (Lipinski definition) is 0. The van der Waals surface area contributed by atoms with Gasteiger partial charge in [0.2, 0.25) is 0 Å². The average Bonchev–Trinajstić information content (AvgIpc) is 1.35. The molecule has 0 heterocycles. The Hall–Kier alpha value is 0.410. The molecule has 0 bridgehead atoms. The van der Waals surface area contributed by atoms with Crippen molar-refractivity contribution in [1.29, 1.82) is 0 Å². The molecule has 0 amide bonds. The maximum Gasteiger partial charge on any atom is 0.152 e. The van der Waals surface area contributed by atoms with E-state index in [1.54, 1.807) is 6.08 Å². The third-order valence-electron chi connectivity index (χ3n) is 0.401. The van der Waals surface area contributed by atoms with Gasteiger partial charge in [0, 0.05) is 29.6 Å². The molecule has 7 heavy (non-hydrogen) atoms. The van der Waals surface area contributed by atoms with E-state index in [1.807, 2.05) is 6.92 Å². The number of carbonyl (C=O) groups is 1. The Labute approximate surface area is 66.1 Å². The third-order valence-corrected chi connectivity index (χ3v) is 0.401. The Kier molecular flexibility index (Phi) is 9.53. The van der Waals surface area contributed by atoms with Gasteiger partial charge in [-0.15, -0.1) is 0 Å². The van der Waals surface area contributed by atoms with Crippen LogP contribution in [0.4, 0.5) is 0 Å². The largest absolute Gasteiger partial charge is 0.295 e. The van der Waals surface area contributed by atoms with E-state index < -0.39 is 0 Å². The number of allylic oxidation sites excluding steroid dienone is 2. The summed E-state index contributed by atoms with van der Waals surface area (Å²) in [6, 6.07) is 0. The second-order valence-electron chi connectivity index (χ2n) is 1.11. The molecule has 1 radical (unpaired) electrons. The second kappa shape index (κ2) is 6.41. The summed E-state index contributed by atoms with van der Waals surface area (Å²) < 4.78 is 0. The van der Waals surface area contributed by atoms with Crippen molar-refractivity contribution in [3.05, 3.63) is 12.2 Å². The summed E-state index contributed by atoms with van der Waals surface area (Å²) in [5.41, 5.74) is 0. The maximum atomic E-state index is 9.96. The van der Waals surface area contributed by atoms with E-state index in [9.17, 15) is 4.79 Å². The molecular formula is C5H8NaO. The normalized spacial score (nSPS) is 8.29. The summed E-state index contributed by atoms with van der Waals surface area (Å²) in [6.07, 6.45) is 3.25. The molecule has 0 rings (SSSR count). The number of ketones is 1. The fourth-order valence-electron chi connectivity index (χ4n) is 0.235. The van der Waals surface area contributed by atoms with Crippen LogP contribution in [0.25, 0.3) is 0 Å². The molecule has 0 aliphatic heterocycles. The predicted octanol–water partition coefficient (Wildman–Crippen LogP) is 0.771. The second-order valence-corrected chi connectivity index (χ2v) is 1.11. The van der Waals surface area contributed by atoms with Gasteiger partial charge in [-0.25, -0.2) is 0 Å². The van der Waals surface area contributed by atoms with Crippen LogP contribution in [-0.2, 0) is 4.79 Å². The predicted molar refractivity (Wildman–Crippen MR) is 31.2 cm³/mol. The Morgan fingerprint density at radius 3 is 2.00 bits per heavy atom. The van der Waals surface area contributed by atoms with E-state index in [0.717, 1.165) is 0 Å². The standard InChI is InChI=1S/C5H8O.Na/c1-3-4-5(2)6;/h3-4H,1-2H3;. The first-order valence-corrected chi connectivity index (χ1v) is 1.90. The molecule has 0 fully saturated rings. The summed E-state index contributed by atoms with van der Waals surface area (Å²) in [6.45, 7) is 3.35. The molecule has 0 atom stereocenters. The fraction of sp³-hybridized carbons (Fsp3) is 0.400. The molecule has 35 valence electrons. The average molecular weight is 107 g/mol. The van der Waals surface area contributed by atoms with Crippen LogP contribution in [0.1, 0.15) is 13.8 Å². The summed E-state index contributed by atoms with van der Waals surface area (Å²) in [5, 5.41) is 0. The smallest absolute Gasteiger partial charge is 0.152 e. The number of rotatable bonds is 1. The van der Waals surface area contributed by atoms with Crippen molar-refractivity contribution in [3.8, 4) is 0 Å². The molecule has 0 spiro atoms. The van der Waals surface area contributed by atoms with Crippen LogP contribution in [0, 0.1) is 0 Å². The van der Waals surface area contributed by atoms with Crippen molar-refractivity contribution in [2.45, 2.75) is 13.8 Å². The quantitative estimate of drug-likeness (QED) is 0.357. The van der Waals surface area contributed by atoms with Gasteiger partial charge in [-0.2, -0.15) is 0 Å². The van der Waals surface area contributed by atoms with Gasteiger partial charge in [0.05, 0.1) is 0 Å². The summed E-state index contributed by atoms with van der Waals surface area (Å²) >= 11 is 0. The van der Waals surface area contributed by atoms with Gasteiger partial charge in [-0.05, 0) is 19.9 Å². The van der Waals surface area contributed by atoms with Crippen LogP contribution in [0.5, 0.6) is 0 Å². The van der Waals surface area contributed by atoms with Gasteiger partial charge in [0.25, 0.3) is 0 Å². The van der Waals surface area contributed by atoms with Crippen molar-refractivity contribution in [3.63, 3.8) is 0 Å². The van der Waals surface area contributed by atoms with E-state index in [4.69, 9.17) is 0 Å². The van der Waals surface area contributed by atoms with Crippen molar-refractivity contribution >= 4 is 35.3 Å². The van der Waals surface area contributed by atoms with Crippen molar-refractivity contribution in [2.75, 3.05) is 0 Å². The first-order chi connectivity index (χ1) is 2.77. The summed E-state index contributed by atoms with van der Waals surface area (Å²) in [5.74, 6) is 0.109. The zero-order valence-corrected chi connectivity index (χ0v) is 7.06. The van der Waals surface area contributed by atoms with E-state index in [2.05, 4.69) is 0 Å². The molecule has 0 saturated carbocycles. The Morgan fingerprint density at radius 1 is 1.57 bits per heavy atom. The Balaban J connectivity index is 0. The van der Waals surface area contributed by atoms with Crippen LogP contribution in [0.15, 0.2) is 12.2 Å². The molecule has 2 heteroatoms. The number of carbonyl (C=O) groups excluding carboxylic acids is 1. The molecule has 0 aliphatic carbocycles. The van der Waals surface area contributed by atoms with Gasteiger partial charge in [-0.1, -0.05) is 6.08 Å². The van der Waals surface area contributed by atoms with E-state index in [-0.39, 0.29) is 35.3 Å². The van der Waals surface area contributed by atoms with Crippen molar-refractivity contribution in [1.82, 2.24) is 0 Å². The van der Waals surface area contributed by atoms with Gasteiger partial charge in [-0.3, -0.25) is 4.79 Å². The van der Waals surface area contributed by atoms with Crippen LogP contribution in [0.2, 0.25) is 0 Å². The minimum atomic E-state index is 0. The fourth-order valence-corrected chi connectivity index (χ4v) is 0.235. The van der Waals surface area contributed by atoms with Gasteiger partial charge < -0.3 is 0 Å². The molecule has 0 aromatic carbocycles. The Morgan fingerprint density at radius 2 is 2.00 bits per heavy atom. The van der Waals surface area contributed by atoms with Crippen LogP contribution >= 0.6 is 0 Å². The van der Waals surface area contributed by atoms with Crippen LogP contribution in [0.3, 0.4) is 0 Å². The van der Waals surface area contributed by atoms with Crippen molar-refractivity contribution < 1.29 is 4.79 Å². The maximum absolute atomic E-state index is 9.96. The van der Waals surface area contributed by atoms with Gasteiger partial charge in [0.1, 0.15) is 0 Å². The summed E-state index contributed by atoms with van der Waals surface area (Å²) in [4.78, 5) is 9.96. The minimum absolute atomic E-state index is 0. The molecule has 0 N–H and O–H groups in total. The Bertz CT molecular complexity index is 76.1. The van der Waals surface area contributed by atoms with E-state index in [1.165, 1.54) is 13.0 Å². The van der Waals surface area contributed by atoms with Gasteiger partial charge in [0.15, 0.2) is 5.78 Å². The molecule has 0 saturated heterocycles. The molecule has 1 nitrogen and oxygen atoms in total. The van der Waals surface area contributed by atoms with Crippen molar-refractivity contribution in [2.24, 2.45) is 0 Å². The van der Waals surface area contributed by atoms with Gasteiger partial charge >= 0.3 is 0 Å². The minimum Gasteiger partial charge on any atom is -0.295 e. The monoisotopic (exact) mass is 107 g/mol. The first-order valence-electron chi connectivity index (χ1n) is 1.90. The number of hydrogen-bond acceptors (Lipinski definition) is 1. The topological polar surface area (TPSA) is 17.1 Å². The molecule has 0 unspecified atom stereocenters. The zero-order valence-electron chi connectivity index (χ0n) is 5.06.